The van der Waals surface area contributed by atoms with Gasteiger partial charge in [-0.25, -0.2) is 9.97 Å². The van der Waals surface area contributed by atoms with Crippen molar-refractivity contribution >= 4 is 5.91 Å². The molecule has 1 heterocycles. The highest BCUT2D eigenvalue weighted by atomic mass is 16.3. The van der Waals surface area contributed by atoms with E-state index in [1.807, 2.05) is 45.0 Å². The largest absolute Gasteiger partial charge is 0.395 e. The van der Waals surface area contributed by atoms with Crippen LogP contribution in [0.25, 0.3) is 0 Å². The van der Waals surface area contributed by atoms with E-state index in [1.54, 1.807) is 17.3 Å². The Morgan fingerprint density at radius 1 is 1.22 bits per heavy atom. The summed E-state index contributed by atoms with van der Waals surface area (Å²) in [4.78, 5) is 22.8. The van der Waals surface area contributed by atoms with Gasteiger partial charge < -0.3 is 10.0 Å². The molecule has 23 heavy (non-hydrogen) atoms. The van der Waals surface area contributed by atoms with Gasteiger partial charge in [0.1, 0.15) is 5.82 Å². The van der Waals surface area contributed by atoms with Gasteiger partial charge >= 0.3 is 0 Å². The molecule has 122 valence electrons. The number of carbonyl (C=O) groups excluding carboxylic acids is 1. The molecule has 0 aliphatic rings. The Balaban J connectivity index is 2.19. The van der Waals surface area contributed by atoms with E-state index >= 15 is 0 Å². The number of aliphatic hydroxyl groups is 1. The number of hydrogen-bond acceptors (Lipinski definition) is 4. The van der Waals surface area contributed by atoms with Crippen LogP contribution in [0.2, 0.25) is 0 Å². The molecule has 5 nitrogen and oxygen atoms in total. The summed E-state index contributed by atoms with van der Waals surface area (Å²) in [5, 5.41) is 9.27. The van der Waals surface area contributed by atoms with Gasteiger partial charge in [0.05, 0.1) is 12.2 Å². The molecule has 5 heteroatoms. The zero-order valence-corrected chi connectivity index (χ0v) is 13.9. The van der Waals surface area contributed by atoms with Crippen molar-refractivity contribution in [2.24, 2.45) is 0 Å². The summed E-state index contributed by atoms with van der Waals surface area (Å²) in [6.45, 7) is 6.68. The van der Waals surface area contributed by atoms with Crippen LogP contribution in [0.3, 0.4) is 0 Å². The SMILES string of the molecule is Cc1ccccc1CN(CCO)C(=O)c1cnc(C(C)C)nc1. The van der Waals surface area contributed by atoms with Crippen molar-refractivity contribution in [2.45, 2.75) is 33.2 Å². The van der Waals surface area contributed by atoms with Gasteiger partial charge in [0.15, 0.2) is 0 Å². The molecule has 0 atom stereocenters. The van der Waals surface area contributed by atoms with E-state index in [4.69, 9.17) is 0 Å². The molecule has 1 amide bonds. The first-order valence-electron chi connectivity index (χ1n) is 7.79. The van der Waals surface area contributed by atoms with Crippen LogP contribution >= 0.6 is 0 Å². The molecule has 0 bridgehead atoms. The minimum absolute atomic E-state index is 0.0808. The van der Waals surface area contributed by atoms with E-state index in [9.17, 15) is 9.90 Å². The zero-order valence-electron chi connectivity index (χ0n) is 13.9. The smallest absolute Gasteiger partial charge is 0.257 e. The molecule has 0 spiro atoms. The molecule has 0 unspecified atom stereocenters. The lowest BCUT2D eigenvalue weighted by molar-refractivity contribution is 0.0706. The van der Waals surface area contributed by atoms with Crippen molar-refractivity contribution in [1.82, 2.24) is 14.9 Å². The van der Waals surface area contributed by atoms with Crippen LogP contribution in [-0.4, -0.2) is 39.0 Å². The van der Waals surface area contributed by atoms with E-state index in [-0.39, 0.29) is 25.0 Å². The number of aromatic nitrogens is 2. The second kappa shape index (κ2) is 7.83. The molecule has 0 aliphatic heterocycles. The summed E-state index contributed by atoms with van der Waals surface area (Å²) in [6.07, 6.45) is 3.12. The third-order valence-electron chi connectivity index (χ3n) is 3.71. The van der Waals surface area contributed by atoms with Crippen LogP contribution in [0.15, 0.2) is 36.7 Å². The van der Waals surface area contributed by atoms with Gasteiger partial charge in [-0.3, -0.25) is 4.79 Å². The fourth-order valence-corrected chi connectivity index (χ4v) is 2.30. The average molecular weight is 313 g/mol. The Morgan fingerprint density at radius 3 is 2.43 bits per heavy atom. The summed E-state index contributed by atoms with van der Waals surface area (Å²) >= 11 is 0. The highest BCUT2D eigenvalue weighted by molar-refractivity contribution is 5.93. The second-order valence-corrected chi connectivity index (χ2v) is 5.86. The molecular formula is C18H23N3O2. The molecular weight excluding hydrogens is 290 g/mol. The predicted molar refractivity (Wildman–Crippen MR) is 89.1 cm³/mol. The third kappa shape index (κ3) is 4.36. The normalized spacial score (nSPS) is 10.8. The maximum atomic E-state index is 12.7. The monoisotopic (exact) mass is 313 g/mol. The topological polar surface area (TPSA) is 66.3 Å². The van der Waals surface area contributed by atoms with Crippen LogP contribution in [0.5, 0.6) is 0 Å². The molecule has 0 aliphatic carbocycles. The Hall–Kier alpha value is -2.27. The van der Waals surface area contributed by atoms with Gasteiger partial charge in [0.2, 0.25) is 0 Å². The van der Waals surface area contributed by atoms with Crippen molar-refractivity contribution in [2.75, 3.05) is 13.2 Å². The second-order valence-electron chi connectivity index (χ2n) is 5.86. The van der Waals surface area contributed by atoms with E-state index in [0.29, 0.717) is 17.9 Å². The maximum Gasteiger partial charge on any atom is 0.257 e. The highest BCUT2D eigenvalue weighted by Crippen LogP contribution is 2.14. The molecule has 2 aromatic rings. The number of aryl methyl sites for hydroxylation is 1. The molecule has 0 fully saturated rings. The van der Waals surface area contributed by atoms with Crippen molar-refractivity contribution in [3.8, 4) is 0 Å². The van der Waals surface area contributed by atoms with Crippen LogP contribution in [0.4, 0.5) is 0 Å². The van der Waals surface area contributed by atoms with Crippen molar-refractivity contribution in [3.63, 3.8) is 0 Å². The molecule has 2 rings (SSSR count). The molecule has 1 N–H and O–H groups in total. The van der Waals surface area contributed by atoms with E-state index in [0.717, 1.165) is 11.1 Å². The fourth-order valence-electron chi connectivity index (χ4n) is 2.30. The third-order valence-corrected chi connectivity index (χ3v) is 3.71. The first-order chi connectivity index (χ1) is 11.0. The maximum absolute atomic E-state index is 12.7. The zero-order chi connectivity index (χ0) is 16.8. The lowest BCUT2D eigenvalue weighted by atomic mass is 10.1. The van der Waals surface area contributed by atoms with Crippen LogP contribution in [0, 0.1) is 6.92 Å². The number of carbonyl (C=O) groups is 1. The standard InChI is InChI=1S/C18H23N3O2/c1-13(2)17-19-10-16(11-20-17)18(23)21(8-9-22)12-15-7-5-4-6-14(15)3/h4-7,10-11,13,22H,8-9,12H2,1-3H3. The van der Waals surface area contributed by atoms with E-state index < -0.39 is 0 Å². The van der Waals surface area contributed by atoms with Gasteiger partial charge in [-0.1, -0.05) is 38.1 Å². The number of aliphatic hydroxyl groups excluding tert-OH is 1. The molecule has 0 saturated heterocycles. The van der Waals surface area contributed by atoms with Crippen LogP contribution < -0.4 is 0 Å². The van der Waals surface area contributed by atoms with Crippen LogP contribution in [-0.2, 0) is 6.54 Å². The minimum atomic E-state index is -0.169. The number of nitrogens with zero attached hydrogens (tertiary/aromatic N) is 3. The van der Waals surface area contributed by atoms with Crippen molar-refractivity contribution < 1.29 is 9.90 Å². The first kappa shape index (κ1) is 17.1. The number of amides is 1. The lowest BCUT2D eigenvalue weighted by Crippen LogP contribution is -2.33. The molecule has 1 aromatic heterocycles. The van der Waals surface area contributed by atoms with Gasteiger partial charge in [-0.15, -0.1) is 0 Å². The fraction of sp³-hybridized carbons (Fsp3) is 0.389. The van der Waals surface area contributed by atoms with Crippen molar-refractivity contribution in [1.29, 1.82) is 0 Å². The summed E-state index contributed by atoms with van der Waals surface area (Å²) in [7, 11) is 0. The van der Waals surface area contributed by atoms with Crippen LogP contribution in [0.1, 0.15) is 47.1 Å². The number of hydrogen-bond donors (Lipinski definition) is 1. The van der Waals surface area contributed by atoms with Gasteiger partial charge in [-0.2, -0.15) is 0 Å². The lowest BCUT2D eigenvalue weighted by Gasteiger charge is -2.22. The average Bonchev–Trinajstić information content (AvgIpc) is 2.56. The van der Waals surface area contributed by atoms with Gasteiger partial charge in [0.25, 0.3) is 5.91 Å². The Kier molecular flexibility index (Phi) is 5.82. The Labute approximate surface area is 137 Å². The Bertz CT molecular complexity index is 654. The van der Waals surface area contributed by atoms with E-state index in [1.165, 1.54) is 0 Å². The Morgan fingerprint density at radius 2 is 1.87 bits per heavy atom. The van der Waals surface area contributed by atoms with Crippen molar-refractivity contribution in [3.05, 3.63) is 59.2 Å². The van der Waals surface area contributed by atoms with Gasteiger partial charge in [-0.05, 0) is 18.1 Å². The molecule has 0 radical (unpaired) electrons. The van der Waals surface area contributed by atoms with E-state index in [2.05, 4.69) is 9.97 Å². The summed E-state index contributed by atoms with van der Waals surface area (Å²) in [5.41, 5.74) is 2.63. The quantitative estimate of drug-likeness (QED) is 0.890. The molecule has 1 aromatic carbocycles. The number of benzene rings is 1. The highest BCUT2D eigenvalue weighted by Gasteiger charge is 2.17. The summed E-state index contributed by atoms with van der Waals surface area (Å²) in [6, 6.07) is 7.92. The molecule has 0 saturated carbocycles. The number of rotatable bonds is 6. The summed E-state index contributed by atoms with van der Waals surface area (Å²) < 4.78 is 0. The first-order valence-corrected chi connectivity index (χ1v) is 7.79. The summed E-state index contributed by atoms with van der Waals surface area (Å²) in [5.74, 6) is 0.770. The predicted octanol–water partition coefficient (Wildman–Crippen LogP) is 2.54. The minimum Gasteiger partial charge on any atom is -0.395 e. The van der Waals surface area contributed by atoms with Gasteiger partial charge in [0, 0.05) is 31.4 Å².